The van der Waals surface area contributed by atoms with Crippen LogP contribution in [0.5, 0.6) is 0 Å². The van der Waals surface area contributed by atoms with Gasteiger partial charge in [-0.3, -0.25) is 4.79 Å². The molecular weight excluding hydrogens is 220 g/mol. The fourth-order valence-corrected chi connectivity index (χ4v) is 1.24. The minimum atomic E-state index is -1.49. The van der Waals surface area contributed by atoms with Crippen LogP contribution in [0.4, 0.5) is 8.78 Å². The monoisotopic (exact) mass is 231 g/mol. The van der Waals surface area contributed by atoms with E-state index in [9.17, 15) is 23.8 Å². The van der Waals surface area contributed by atoms with E-state index in [2.05, 4.69) is 0 Å². The lowest BCUT2D eigenvalue weighted by molar-refractivity contribution is 0.0240. The first kappa shape index (κ1) is 12.7. The Kier molecular flexibility index (Phi) is 4.05. The molecule has 1 aromatic carbocycles. The van der Waals surface area contributed by atoms with Gasteiger partial charge in [0, 0.05) is 6.54 Å². The number of rotatable bonds is 4. The molecule has 0 saturated carbocycles. The lowest BCUT2D eigenvalue weighted by Crippen LogP contribution is -2.27. The molecule has 0 fully saturated rings. The maximum Gasteiger partial charge on any atom is 0.155 e. The molecule has 88 valence electrons. The third-order valence-electron chi connectivity index (χ3n) is 2.17. The maximum atomic E-state index is 13.1. The fourth-order valence-electron chi connectivity index (χ4n) is 1.24. The third kappa shape index (κ3) is 2.41. The molecule has 0 saturated heterocycles. The molecule has 16 heavy (non-hydrogen) atoms. The lowest BCUT2D eigenvalue weighted by atomic mass is 10.0. The quantitative estimate of drug-likeness (QED) is 0.643. The Morgan fingerprint density at radius 2 is 1.81 bits per heavy atom. The van der Waals surface area contributed by atoms with E-state index in [1.165, 1.54) is 0 Å². The molecule has 0 aliphatic rings. The van der Waals surface area contributed by atoms with E-state index in [-0.39, 0.29) is 18.4 Å². The van der Waals surface area contributed by atoms with Crippen LogP contribution in [0.15, 0.2) is 12.1 Å². The largest absolute Gasteiger partial charge is 0.389 e. The van der Waals surface area contributed by atoms with Crippen molar-refractivity contribution in [1.82, 2.24) is 0 Å². The van der Waals surface area contributed by atoms with Crippen molar-refractivity contribution in [3.05, 3.63) is 34.9 Å². The standard InChI is InChI=1S/C10H11F2NO3/c11-7-1-5(10(16)9(15)3-13)2-8(12)6(7)4-14/h1-2,4,9-10,15-16H,3,13H2. The van der Waals surface area contributed by atoms with Crippen LogP contribution in [-0.2, 0) is 0 Å². The number of nitrogens with two attached hydrogens (primary N) is 1. The number of aldehydes is 1. The number of carbonyl (C=O) groups excluding carboxylic acids is 1. The Bertz CT molecular complexity index is 375. The van der Waals surface area contributed by atoms with E-state index in [4.69, 9.17) is 5.73 Å². The van der Waals surface area contributed by atoms with Crippen LogP contribution in [0.25, 0.3) is 0 Å². The smallest absolute Gasteiger partial charge is 0.155 e. The zero-order valence-electron chi connectivity index (χ0n) is 8.23. The number of hydrogen-bond acceptors (Lipinski definition) is 4. The van der Waals surface area contributed by atoms with E-state index < -0.39 is 29.4 Å². The zero-order chi connectivity index (χ0) is 12.3. The number of hydrogen-bond donors (Lipinski definition) is 3. The predicted octanol–water partition coefficient (Wildman–Crippen LogP) is 0.130. The second-order valence-electron chi connectivity index (χ2n) is 3.26. The van der Waals surface area contributed by atoms with E-state index in [1.807, 2.05) is 0 Å². The molecule has 2 unspecified atom stereocenters. The number of carbonyl (C=O) groups is 1. The van der Waals surface area contributed by atoms with Crippen molar-refractivity contribution in [3.63, 3.8) is 0 Å². The Balaban J connectivity index is 3.13. The molecule has 1 rings (SSSR count). The predicted molar refractivity (Wildman–Crippen MR) is 51.8 cm³/mol. The van der Waals surface area contributed by atoms with Gasteiger partial charge in [-0.05, 0) is 17.7 Å². The van der Waals surface area contributed by atoms with Gasteiger partial charge in [0.2, 0.25) is 0 Å². The summed E-state index contributed by atoms with van der Waals surface area (Å²) in [6.45, 7) is -0.250. The normalized spacial score (nSPS) is 14.6. The van der Waals surface area contributed by atoms with Gasteiger partial charge in [0.05, 0.1) is 11.7 Å². The van der Waals surface area contributed by atoms with Gasteiger partial charge in [-0.15, -0.1) is 0 Å². The summed E-state index contributed by atoms with van der Waals surface area (Å²) < 4.78 is 26.3. The summed E-state index contributed by atoms with van der Waals surface area (Å²) in [5, 5.41) is 18.6. The summed E-state index contributed by atoms with van der Waals surface area (Å²) in [5.74, 6) is -2.18. The Morgan fingerprint density at radius 1 is 1.31 bits per heavy atom. The van der Waals surface area contributed by atoms with Crippen molar-refractivity contribution in [2.24, 2.45) is 5.73 Å². The van der Waals surface area contributed by atoms with Gasteiger partial charge in [-0.1, -0.05) is 0 Å². The molecule has 6 heteroatoms. The second kappa shape index (κ2) is 5.11. The average Bonchev–Trinajstić information content (AvgIpc) is 2.26. The number of halogens is 2. The van der Waals surface area contributed by atoms with Crippen LogP contribution in [0, 0.1) is 11.6 Å². The van der Waals surface area contributed by atoms with E-state index in [0.29, 0.717) is 0 Å². The Morgan fingerprint density at radius 3 is 2.19 bits per heavy atom. The minimum absolute atomic E-state index is 0.0419. The maximum absolute atomic E-state index is 13.1. The van der Waals surface area contributed by atoms with Crippen molar-refractivity contribution in [3.8, 4) is 0 Å². The molecule has 0 aromatic heterocycles. The summed E-state index contributed by atoms with van der Waals surface area (Å²) in [6.07, 6.45) is -2.77. The lowest BCUT2D eigenvalue weighted by Gasteiger charge is -2.16. The topological polar surface area (TPSA) is 83.6 Å². The summed E-state index contributed by atoms with van der Waals surface area (Å²) in [5.41, 5.74) is 4.21. The molecule has 0 aliphatic heterocycles. The molecule has 0 bridgehead atoms. The van der Waals surface area contributed by atoms with Gasteiger partial charge in [-0.25, -0.2) is 8.78 Å². The highest BCUT2D eigenvalue weighted by molar-refractivity contribution is 5.75. The van der Waals surface area contributed by atoms with Crippen LogP contribution in [0.3, 0.4) is 0 Å². The number of benzene rings is 1. The molecular formula is C10H11F2NO3. The summed E-state index contributed by atoms with van der Waals surface area (Å²) in [4.78, 5) is 10.3. The van der Waals surface area contributed by atoms with Gasteiger partial charge in [0.15, 0.2) is 6.29 Å². The number of aliphatic hydroxyl groups excluding tert-OH is 2. The van der Waals surface area contributed by atoms with Crippen molar-refractivity contribution < 1.29 is 23.8 Å². The SMILES string of the molecule is NCC(O)C(O)c1cc(F)c(C=O)c(F)c1. The van der Waals surface area contributed by atoms with Crippen molar-refractivity contribution >= 4 is 6.29 Å². The molecule has 4 N–H and O–H groups in total. The van der Waals surface area contributed by atoms with Crippen LogP contribution in [0.2, 0.25) is 0 Å². The summed E-state index contributed by atoms with van der Waals surface area (Å²) in [6, 6.07) is 1.58. The van der Waals surface area contributed by atoms with Gasteiger partial charge >= 0.3 is 0 Å². The molecule has 4 nitrogen and oxygen atoms in total. The van der Waals surface area contributed by atoms with Crippen LogP contribution >= 0.6 is 0 Å². The van der Waals surface area contributed by atoms with Crippen molar-refractivity contribution in [2.45, 2.75) is 12.2 Å². The van der Waals surface area contributed by atoms with Crippen LogP contribution in [-0.4, -0.2) is 29.1 Å². The molecule has 0 radical (unpaired) electrons. The highest BCUT2D eigenvalue weighted by Crippen LogP contribution is 2.21. The molecule has 2 atom stereocenters. The first-order valence-corrected chi connectivity index (χ1v) is 4.51. The Labute approximate surface area is 90.3 Å². The fraction of sp³-hybridized carbons (Fsp3) is 0.300. The summed E-state index contributed by atoms with van der Waals surface area (Å²) in [7, 11) is 0. The van der Waals surface area contributed by atoms with E-state index in [0.717, 1.165) is 12.1 Å². The van der Waals surface area contributed by atoms with E-state index >= 15 is 0 Å². The van der Waals surface area contributed by atoms with Crippen LogP contribution in [0.1, 0.15) is 22.0 Å². The van der Waals surface area contributed by atoms with Gasteiger partial charge < -0.3 is 15.9 Å². The zero-order valence-corrected chi connectivity index (χ0v) is 8.23. The van der Waals surface area contributed by atoms with Gasteiger partial charge in [0.1, 0.15) is 17.7 Å². The summed E-state index contributed by atoms with van der Waals surface area (Å²) >= 11 is 0. The van der Waals surface area contributed by atoms with Crippen LogP contribution < -0.4 is 5.73 Å². The van der Waals surface area contributed by atoms with Gasteiger partial charge in [-0.2, -0.15) is 0 Å². The van der Waals surface area contributed by atoms with Gasteiger partial charge in [0.25, 0.3) is 0 Å². The second-order valence-corrected chi connectivity index (χ2v) is 3.26. The minimum Gasteiger partial charge on any atom is -0.389 e. The third-order valence-corrected chi connectivity index (χ3v) is 2.17. The highest BCUT2D eigenvalue weighted by atomic mass is 19.1. The number of aliphatic hydroxyl groups is 2. The Hall–Kier alpha value is -1.37. The molecule has 0 spiro atoms. The molecule has 0 amide bonds. The molecule has 0 heterocycles. The van der Waals surface area contributed by atoms with Crippen molar-refractivity contribution in [1.29, 1.82) is 0 Å². The average molecular weight is 231 g/mol. The van der Waals surface area contributed by atoms with E-state index in [1.54, 1.807) is 0 Å². The molecule has 1 aromatic rings. The first-order chi connectivity index (χ1) is 7.51. The highest BCUT2D eigenvalue weighted by Gasteiger charge is 2.20. The first-order valence-electron chi connectivity index (χ1n) is 4.51. The molecule has 0 aliphatic carbocycles. The van der Waals surface area contributed by atoms with Crippen molar-refractivity contribution in [2.75, 3.05) is 6.54 Å².